The molecule has 27 heavy (non-hydrogen) atoms. The van der Waals surface area contributed by atoms with Crippen molar-refractivity contribution >= 4 is 16.6 Å². The third-order valence-electron chi connectivity index (χ3n) is 4.76. The van der Waals surface area contributed by atoms with Gasteiger partial charge in [0.1, 0.15) is 5.82 Å². The molecule has 0 saturated heterocycles. The minimum atomic E-state index is -0.232. The lowest BCUT2D eigenvalue weighted by Gasteiger charge is -2.09. The Kier molecular flexibility index (Phi) is 4.59. The lowest BCUT2D eigenvalue weighted by Crippen LogP contribution is -1.95. The normalized spacial score (nSPS) is 10.9. The Labute approximate surface area is 158 Å². The highest BCUT2D eigenvalue weighted by Gasteiger charge is 2.07. The first-order chi connectivity index (χ1) is 13.1. The Morgan fingerprint density at radius 2 is 1.44 bits per heavy atom. The van der Waals surface area contributed by atoms with E-state index in [1.54, 1.807) is 12.1 Å². The number of aryl methyl sites for hydroxylation is 1. The number of pyridine rings is 1. The molecule has 3 heteroatoms. The van der Waals surface area contributed by atoms with E-state index in [1.807, 2.05) is 13.0 Å². The van der Waals surface area contributed by atoms with Crippen LogP contribution in [0, 0.1) is 12.7 Å². The van der Waals surface area contributed by atoms with E-state index in [0.717, 1.165) is 40.0 Å². The van der Waals surface area contributed by atoms with Crippen LogP contribution in [-0.4, -0.2) is 11.5 Å². The number of hydrogen-bond acceptors (Lipinski definition) is 2. The van der Waals surface area contributed by atoms with Crippen LogP contribution in [0.15, 0.2) is 72.8 Å². The fraction of sp³-hybridized carbons (Fsp3) is 0.125. The zero-order chi connectivity index (χ0) is 18.8. The van der Waals surface area contributed by atoms with E-state index >= 15 is 0 Å². The van der Waals surface area contributed by atoms with Gasteiger partial charge in [0.25, 0.3) is 0 Å². The second kappa shape index (κ2) is 7.20. The van der Waals surface area contributed by atoms with Gasteiger partial charge in [0.15, 0.2) is 0 Å². The Balaban J connectivity index is 1.66. The van der Waals surface area contributed by atoms with Crippen molar-refractivity contribution in [3.8, 4) is 22.4 Å². The number of benzene rings is 3. The summed E-state index contributed by atoms with van der Waals surface area (Å²) < 4.78 is 13.5. The molecule has 0 aliphatic rings. The van der Waals surface area contributed by atoms with Crippen molar-refractivity contribution < 1.29 is 4.39 Å². The minimum Gasteiger partial charge on any atom is -0.385 e. The fourth-order valence-electron chi connectivity index (χ4n) is 3.33. The summed E-state index contributed by atoms with van der Waals surface area (Å²) >= 11 is 0. The van der Waals surface area contributed by atoms with Crippen LogP contribution < -0.4 is 5.32 Å². The van der Waals surface area contributed by atoms with E-state index in [1.165, 1.54) is 17.2 Å². The van der Waals surface area contributed by atoms with Crippen LogP contribution in [0.25, 0.3) is 33.3 Å². The van der Waals surface area contributed by atoms with Crippen LogP contribution in [0.2, 0.25) is 0 Å². The van der Waals surface area contributed by atoms with Crippen molar-refractivity contribution in [1.29, 1.82) is 0 Å². The summed E-state index contributed by atoms with van der Waals surface area (Å²) in [6.07, 6.45) is 0. The topological polar surface area (TPSA) is 24.9 Å². The van der Waals surface area contributed by atoms with E-state index < -0.39 is 0 Å². The van der Waals surface area contributed by atoms with Gasteiger partial charge in [-0.25, -0.2) is 9.37 Å². The van der Waals surface area contributed by atoms with E-state index in [0.29, 0.717) is 0 Å². The molecule has 0 saturated carbocycles. The summed E-state index contributed by atoms with van der Waals surface area (Å²) in [5.74, 6) is -0.232. The van der Waals surface area contributed by atoms with Crippen LogP contribution in [0.1, 0.15) is 12.5 Å². The van der Waals surface area contributed by atoms with E-state index in [4.69, 9.17) is 4.98 Å². The molecular formula is C24H21FN2. The zero-order valence-electron chi connectivity index (χ0n) is 15.5. The number of fused-ring (bicyclic) bond motifs is 1. The first-order valence-electron chi connectivity index (χ1n) is 9.15. The molecule has 134 valence electrons. The summed E-state index contributed by atoms with van der Waals surface area (Å²) in [5, 5.41) is 4.17. The molecule has 0 aliphatic heterocycles. The largest absolute Gasteiger partial charge is 0.385 e. The van der Waals surface area contributed by atoms with Gasteiger partial charge >= 0.3 is 0 Å². The molecule has 4 rings (SSSR count). The lowest BCUT2D eigenvalue weighted by molar-refractivity contribution is 0.629. The van der Waals surface area contributed by atoms with E-state index in [9.17, 15) is 4.39 Å². The summed E-state index contributed by atoms with van der Waals surface area (Å²) in [6.45, 7) is 5.00. The van der Waals surface area contributed by atoms with Gasteiger partial charge in [-0.15, -0.1) is 0 Å². The molecule has 0 aliphatic carbocycles. The minimum absolute atomic E-state index is 0.232. The number of rotatable bonds is 4. The lowest BCUT2D eigenvalue weighted by atomic mass is 10.0. The predicted octanol–water partition coefficient (Wildman–Crippen LogP) is 6.45. The number of hydrogen-bond donors (Lipinski definition) is 1. The molecule has 0 amide bonds. The Morgan fingerprint density at radius 3 is 2.11 bits per heavy atom. The van der Waals surface area contributed by atoms with E-state index in [2.05, 4.69) is 60.8 Å². The van der Waals surface area contributed by atoms with Gasteiger partial charge in [0, 0.05) is 23.2 Å². The SMILES string of the molecule is CCNc1ccc(-c2ccc(-c3cc(C)c4cc(F)ccc4n3)cc2)cc1. The average Bonchev–Trinajstić information content (AvgIpc) is 2.69. The van der Waals surface area contributed by atoms with Gasteiger partial charge in [-0.3, -0.25) is 0 Å². The third kappa shape index (κ3) is 3.54. The molecule has 1 N–H and O–H groups in total. The molecule has 4 aromatic rings. The van der Waals surface area contributed by atoms with Crippen LogP contribution >= 0.6 is 0 Å². The molecule has 0 fully saturated rings. The maximum absolute atomic E-state index is 13.5. The van der Waals surface area contributed by atoms with Gasteiger partial charge in [0.05, 0.1) is 11.2 Å². The molecule has 0 atom stereocenters. The average molecular weight is 356 g/mol. The van der Waals surface area contributed by atoms with Crippen molar-refractivity contribution in [1.82, 2.24) is 4.98 Å². The maximum Gasteiger partial charge on any atom is 0.123 e. The van der Waals surface area contributed by atoms with Crippen LogP contribution in [0.4, 0.5) is 10.1 Å². The Bertz CT molecular complexity index is 1080. The van der Waals surface area contributed by atoms with Crippen molar-refractivity contribution in [3.63, 3.8) is 0 Å². The van der Waals surface area contributed by atoms with Gasteiger partial charge in [0.2, 0.25) is 0 Å². The number of halogens is 1. The van der Waals surface area contributed by atoms with Crippen LogP contribution in [0.3, 0.4) is 0 Å². The monoisotopic (exact) mass is 356 g/mol. The summed E-state index contributed by atoms with van der Waals surface area (Å²) in [6, 6.07) is 23.6. The number of nitrogens with one attached hydrogen (secondary N) is 1. The molecule has 0 spiro atoms. The van der Waals surface area contributed by atoms with Crippen molar-refractivity contribution in [3.05, 3.63) is 84.2 Å². The first-order valence-corrected chi connectivity index (χ1v) is 9.15. The molecular weight excluding hydrogens is 335 g/mol. The van der Waals surface area contributed by atoms with Crippen LogP contribution in [-0.2, 0) is 0 Å². The van der Waals surface area contributed by atoms with Gasteiger partial charge < -0.3 is 5.32 Å². The summed E-state index contributed by atoms with van der Waals surface area (Å²) in [5.41, 5.74) is 7.28. The zero-order valence-corrected chi connectivity index (χ0v) is 15.5. The third-order valence-corrected chi connectivity index (χ3v) is 4.76. The first kappa shape index (κ1) is 17.2. The molecule has 0 bridgehead atoms. The number of aromatic nitrogens is 1. The molecule has 1 aromatic heterocycles. The number of nitrogens with zero attached hydrogens (tertiary/aromatic N) is 1. The highest BCUT2D eigenvalue weighted by atomic mass is 19.1. The fourth-order valence-corrected chi connectivity index (χ4v) is 3.33. The Morgan fingerprint density at radius 1 is 0.815 bits per heavy atom. The second-order valence-electron chi connectivity index (χ2n) is 6.67. The molecule has 0 unspecified atom stereocenters. The smallest absolute Gasteiger partial charge is 0.123 e. The van der Waals surface area contributed by atoms with Crippen molar-refractivity contribution in [2.75, 3.05) is 11.9 Å². The maximum atomic E-state index is 13.5. The molecule has 3 aromatic carbocycles. The standard InChI is InChI=1S/C24H21FN2/c1-3-26-21-11-8-18(9-12-21)17-4-6-19(7-5-17)24-14-16(2)22-15-20(25)10-13-23(22)27-24/h4-15,26H,3H2,1-2H3. The predicted molar refractivity (Wildman–Crippen MR) is 111 cm³/mol. The van der Waals surface area contributed by atoms with E-state index in [-0.39, 0.29) is 5.82 Å². The molecule has 0 radical (unpaired) electrons. The number of anilines is 1. The highest BCUT2D eigenvalue weighted by Crippen LogP contribution is 2.28. The quantitative estimate of drug-likeness (QED) is 0.454. The van der Waals surface area contributed by atoms with Gasteiger partial charge in [-0.05, 0) is 66.9 Å². The van der Waals surface area contributed by atoms with Crippen LogP contribution in [0.5, 0.6) is 0 Å². The van der Waals surface area contributed by atoms with Gasteiger partial charge in [-0.2, -0.15) is 0 Å². The van der Waals surface area contributed by atoms with Crippen molar-refractivity contribution in [2.24, 2.45) is 0 Å². The summed E-state index contributed by atoms with van der Waals surface area (Å²) in [4.78, 5) is 4.71. The highest BCUT2D eigenvalue weighted by molar-refractivity contribution is 5.85. The molecule has 2 nitrogen and oxygen atoms in total. The molecule has 1 heterocycles. The second-order valence-corrected chi connectivity index (χ2v) is 6.67. The summed E-state index contributed by atoms with van der Waals surface area (Å²) in [7, 11) is 0. The van der Waals surface area contributed by atoms with Gasteiger partial charge in [-0.1, -0.05) is 36.4 Å². The Hall–Kier alpha value is -3.20. The van der Waals surface area contributed by atoms with Crippen molar-refractivity contribution in [2.45, 2.75) is 13.8 Å².